The van der Waals surface area contributed by atoms with E-state index in [0.29, 0.717) is 30.3 Å². The molecule has 28 heavy (non-hydrogen) atoms. The van der Waals surface area contributed by atoms with Crippen LogP contribution in [0, 0.1) is 5.92 Å². The van der Waals surface area contributed by atoms with Crippen molar-refractivity contribution in [2.24, 2.45) is 5.92 Å². The van der Waals surface area contributed by atoms with Crippen LogP contribution in [0.2, 0.25) is 0 Å². The summed E-state index contributed by atoms with van der Waals surface area (Å²) in [5, 5.41) is 2.82. The largest absolute Gasteiger partial charge is 0.378 e. The summed E-state index contributed by atoms with van der Waals surface area (Å²) in [5.41, 5.74) is 2.04. The lowest BCUT2D eigenvalue weighted by atomic mass is 10.0. The van der Waals surface area contributed by atoms with Crippen LogP contribution >= 0.6 is 0 Å². The minimum atomic E-state index is -3.49. The first-order valence-electron chi connectivity index (χ1n) is 9.46. The zero-order chi connectivity index (χ0) is 20.3. The molecule has 1 saturated heterocycles. The minimum Gasteiger partial charge on any atom is -0.378 e. The molecule has 0 bridgehead atoms. The molecule has 6 nitrogen and oxygen atoms in total. The highest BCUT2D eigenvalue weighted by molar-refractivity contribution is 7.89. The van der Waals surface area contributed by atoms with Gasteiger partial charge in [-0.3, -0.25) is 4.79 Å². The molecule has 7 heteroatoms. The lowest BCUT2D eigenvalue weighted by molar-refractivity contribution is 0.102. The third-order valence-corrected chi connectivity index (χ3v) is 6.87. The van der Waals surface area contributed by atoms with Crippen LogP contribution in [0.1, 0.15) is 30.1 Å². The average Bonchev–Trinajstić information content (AvgIpc) is 2.68. The van der Waals surface area contributed by atoms with Crippen molar-refractivity contribution in [2.45, 2.75) is 24.7 Å². The fraction of sp³-hybridized carbons (Fsp3) is 0.381. The van der Waals surface area contributed by atoms with Gasteiger partial charge in [0.25, 0.3) is 5.91 Å². The lowest BCUT2D eigenvalue weighted by Gasteiger charge is -2.30. The van der Waals surface area contributed by atoms with Gasteiger partial charge in [0, 0.05) is 44.1 Å². The normalized spacial score (nSPS) is 17.9. The maximum atomic E-state index is 12.8. The third kappa shape index (κ3) is 4.54. The van der Waals surface area contributed by atoms with Crippen molar-refractivity contribution < 1.29 is 13.2 Å². The predicted molar refractivity (Wildman–Crippen MR) is 112 cm³/mol. The van der Waals surface area contributed by atoms with Crippen LogP contribution in [-0.4, -0.2) is 45.8 Å². The Bertz CT molecular complexity index is 940. The average molecular weight is 402 g/mol. The van der Waals surface area contributed by atoms with Gasteiger partial charge in [-0.05, 0) is 61.2 Å². The number of carbonyl (C=O) groups excluding carboxylic acids is 1. The second-order valence-corrected chi connectivity index (χ2v) is 9.47. The molecule has 1 aliphatic rings. The molecule has 0 aliphatic carbocycles. The molecule has 3 rings (SSSR count). The number of amides is 1. The second kappa shape index (κ2) is 8.32. The van der Waals surface area contributed by atoms with Crippen LogP contribution < -0.4 is 10.2 Å². The van der Waals surface area contributed by atoms with Crippen molar-refractivity contribution >= 4 is 27.3 Å². The second-order valence-electron chi connectivity index (χ2n) is 7.53. The van der Waals surface area contributed by atoms with Gasteiger partial charge in [-0.2, -0.15) is 4.31 Å². The van der Waals surface area contributed by atoms with Crippen molar-refractivity contribution in [3.05, 3.63) is 54.1 Å². The van der Waals surface area contributed by atoms with Crippen LogP contribution in [0.3, 0.4) is 0 Å². The number of hydrogen-bond donors (Lipinski definition) is 1. The van der Waals surface area contributed by atoms with E-state index in [2.05, 4.69) is 12.2 Å². The molecule has 1 fully saturated rings. The van der Waals surface area contributed by atoms with Crippen molar-refractivity contribution in [1.29, 1.82) is 0 Å². The Labute approximate surface area is 167 Å². The van der Waals surface area contributed by atoms with Gasteiger partial charge in [-0.25, -0.2) is 8.42 Å². The van der Waals surface area contributed by atoms with Crippen molar-refractivity contribution in [3.8, 4) is 0 Å². The summed E-state index contributed by atoms with van der Waals surface area (Å²) in [5.74, 6) is 0.143. The van der Waals surface area contributed by atoms with E-state index < -0.39 is 10.0 Å². The van der Waals surface area contributed by atoms with Crippen LogP contribution in [-0.2, 0) is 10.0 Å². The molecule has 1 atom stereocenters. The molecule has 1 aliphatic heterocycles. The van der Waals surface area contributed by atoms with Crippen LogP contribution in [0.5, 0.6) is 0 Å². The molecule has 1 N–H and O–H groups in total. The molecule has 1 heterocycles. The van der Waals surface area contributed by atoms with Crippen LogP contribution in [0.4, 0.5) is 11.4 Å². The van der Waals surface area contributed by atoms with Gasteiger partial charge in [0.05, 0.1) is 4.90 Å². The van der Waals surface area contributed by atoms with Crippen molar-refractivity contribution in [2.75, 3.05) is 37.4 Å². The topological polar surface area (TPSA) is 69.7 Å². The van der Waals surface area contributed by atoms with Gasteiger partial charge < -0.3 is 10.2 Å². The predicted octanol–water partition coefficient (Wildman–Crippen LogP) is 3.43. The van der Waals surface area contributed by atoms with Gasteiger partial charge in [0.2, 0.25) is 10.0 Å². The highest BCUT2D eigenvalue weighted by Crippen LogP contribution is 2.24. The Balaban J connectivity index is 1.72. The third-order valence-electron chi connectivity index (χ3n) is 4.99. The molecule has 0 aromatic heterocycles. The molecule has 1 amide bonds. The number of hydrogen-bond acceptors (Lipinski definition) is 4. The monoisotopic (exact) mass is 401 g/mol. The smallest absolute Gasteiger partial charge is 0.255 e. The summed E-state index contributed by atoms with van der Waals surface area (Å²) < 4.78 is 27.2. The van der Waals surface area contributed by atoms with E-state index in [1.54, 1.807) is 34.6 Å². The Morgan fingerprint density at radius 3 is 2.50 bits per heavy atom. The van der Waals surface area contributed by atoms with Gasteiger partial charge in [0.1, 0.15) is 0 Å². The summed E-state index contributed by atoms with van der Waals surface area (Å²) in [4.78, 5) is 14.7. The zero-order valence-corrected chi connectivity index (χ0v) is 17.4. The number of rotatable bonds is 5. The Hall–Kier alpha value is -2.38. The number of piperidine rings is 1. The molecule has 2 aromatic carbocycles. The fourth-order valence-electron chi connectivity index (χ4n) is 3.35. The molecule has 0 spiro atoms. The minimum absolute atomic E-state index is 0.232. The summed E-state index contributed by atoms with van der Waals surface area (Å²) in [7, 11) is 0.339. The van der Waals surface area contributed by atoms with Crippen molar-refractivity contribution in [1.82, 2.24) is 4.31 Å². The first kappa shape index (κ1) is 20.4. The maximum absolute atomic E-state index is 12.8. The highest BCUT2D eigenvalue weighted by Gasteiger charge is 2.28. The van der Waals surface area contributed by atoms with Gasteiger partial charge in [-0.15, -0.1) is 0 Å². The maximum Gasteiger partial charge on any atom is 0.255 e. The molecule has 0 saturated carbocycles. The van der Waals surface area contributed by atoms with E-state index in [1.165, 1.54) is 0 Å². The summed E-state index contributed by atoms with van der Waals surface area (Å²) in [6.45, 7) is 3.20. The summed E-state index contributed by atoms with van der Waals surface area (Å²) in [6.07, 6.45) is 1.95. The zero-order valence-electron chi connectivity index (χ0n) is 16.6. The van der Waals surface area contributed by atoms with E-state index in [0.717, 1.165) is 18.5 Å². The van der Waals surface area contributed by atoms with Crippen LogP contribution in [0.15, 0.2) is 53.4 Å². The van der Waals surface area contributed by atoms with E-state index in [9.17, 15) is 13.2 Å². The SMILES string of the molecule is CC1CCCN(S(=O)(=O)c2ccc(NC(=O)c3cccc(N(C)C)c3)cc2)C1. The number of carbonyl (C=O) groups is 1. The fourth-order valence-corrected chi connectivity index (χ4v) is 4.95. The molecule has 2 aromatic rings. The number of anilines is 2. The first-order chi connectivity index (χ1) is 13.3. The molecular weight excluding hydrogens is 374 g/mol. The first-order valence-corrected chi connectivity index (χ1v) is 10.9. The van der Waals surface area contributed by atoms with Gasteiger partial charge in [0.15, 0.2) is 0 Å². The molecule has 0 radical (unpaired) electrons. The lowest BCUT2D eigenvalue weighted by Crippen LogP contribution is -2.39. The molecule has 1 unspecified atom stereocenters. The standard InChI is InChI=1S/C21H27N3O3S/c1-16-6-5-13-24(15-16)28(26,27)20-11-9-18(10-12-20)22-21(25)17-7-4-8-19(14-17)23(2)3/h4,7-12,14,16H,5-6,13,15H2,1-3H3,(H,22,25). The van der Waals surface area contributed by atoms with E-state index in [1.807, 2.05) is 37.2 Å². The van der Waals surface area contributed by atoms with E-state index in [4.69, 9.17) is 0 Å². The number of sulfonamides is 1. The Morgan fingerprint density at radius 1 is 1.14 bits per heavy atom. The van der Waals surface area contributed by atoms with Gasteiger partial charge in [-0.1, -0.05) is 13.0 Å². The Morgan fingerprint density at radius 2 is 1.86 bits per heavy atom. The van der Waals surface area contributed by atoms with Gasteiger partial charge >= 0.3 is 0 Å². The number of nitrogens with one attached hydrogen (secondary N) is 1. The van der Waals surface area contributed by atoms with Crippen LogP contribution in [0.25, 0.3) is 0 Å². The summed E-state index contributed by atoms with van der Waals surface area (Å²) >= 11 is 0. The van der Waals surface area contributed by atoms with E-state index in [-0.39, 0.29) is 10.8 Å². The Kier molecular flexibility index (Phi) is 6.05. The molecular formula is C21H27N3O3S. The number of nitrogens with zero attached hydrogens (tertiary/aromatic N) is 2. The van der Waals surface area contributed by atoms with Crippen molar-refractivity contribution in [3.63, 3.8) is 0 Å². The van der Waals surface area contributed by atoms with E-state index >= 15 is 0 Å². The highest BCUT2D eigenvalue weighted by atomic mass is 32.2. The molecule has 150 valence electrons. The summed E-state index contributed by atoms with van der Waals surface area (Å²) in [6, 6.07) is 13.7. The number of benzene rings is 2. The quantitative estimate of drug-likeness (QED) is 0.833.